The molecule has 6 heteroatoms. The van der Waals surface area contributed by atoms with Crippen LogP contribution in [0.1, 0.15) is 335 Å². The van der Waals surface area contributed by atoms with Crippen molar-refractivity contribution in [1.29, 1.82) is 0 Å². The van der Waals surface area contributed by atoms with Gasteiger partial charge in [-0.15, -0.1) is 0 Å². The molecule has 70 heavy (non-hydrogen) atoms. The van der Waals surface area contributed by atoms with E-state index in [0.717, 1.165) is 77.0 Å². The van der Waals surface area contributed by atoms with Crippen molar-refractivity contribution in [3.63, 3.8) is 0 Å². The number of ether oxygens (including phenoxy) is 1. The molecule has 3 N–H and O–H groups in total. The van der Waals surface area contributed by atoms with Crippen molar-refractivity contribution in [3.05, 3.63) is 36.5 Å². The van der Waals surface area contributed by atoms with Crippen LogP contribution in [0, 0.1) is 0 Å². The quantitative estimate of drug-likeness (QED) is 0.0244. The molecule has 0 aromatic heterocycles. The van der Waals surface area contributed by atoms with E-state index in [1.165, 1.54) is 231 Å². The lowest BCUT2D eigenvalue weighted by Gasteiger charge is -2.20. The zero-order chi connectivity index (χ0) is 50.7. The molecule has 0 aliphatic heterocycles. The lowest BCUT2D eigenvalue weighted by atomic mass is 10.0. The molecule has 2 atom stereocenters. The van der Waals surface area contributed by atoms with E-state index >= 15 is 0 Å². The Morgan fingerprint density at radius 3 is 1.06 bits per heavy atom. The van der Waals surface area contributed by atoms with E-state index < -0.39 is 12.1 Å². The number of allylic oxidation sites excluding steroid dienone is 5. The van der Waals surface area contributed by atoms with Gasteiger partial charge in [0.05, 0.1) is 25.4 Å². The second kappa shape index (κ2) is 59.6. The van der Waals surface area contributed by atoms with Crippen LogP contribution in [0.2, 0.25) is 0 Å². The number of nitrogens with one attached hydrogen (secondary N) is 1. The van der Waals surface area contributed by atoms with Crippen LogP contribution in [0.3, 0.4) is 0 Å². The number of amides is 1. The maximum Gasteiger partial charge on any atom is 0.305 e. The lowest BCUT2D eigenvalue weighted by Crippen LogP contribution is -2.45. The summed E-state index contributed by atoms with van der Waals surface area (Å²) in [7, 11) is 0. The van der Waals surface area contributed by atoms with Crippen molar-refractivity contribution in [1.82, 2.24) is 5.32 Å². The number of carbonyl (C=O) groups excluding carboxylic acids is 2. The van der Waals surface area contributed by atoms with Crippen LogP contribution in [0.15, 0.2) is 36.5 Å². The minimum absolute atomic E-state index is 0.0124. The Labute approximate surface area is 436 Å². The smallest absolute Gasteiger partial charge is 0.305 e. The average molecular weight is 985 g/mol. The zero-order valence-electron chi connectivity index (χ0n) is 47.0. The molecule has 0 heterocycles. The summed E-state index contributed by atoms with van der Waals surface area (Å²) < 4.78 is 5.45. The largest absolute Gasteiger partial charge is 0.466 e. The molecule has 0 rings (SSSR count). The van der Waals surface area contributed by atoms with E-state index in [4.69, 9.17) is 4.74 Å². The molecule has 0 saturated carbocycles. The number of hydrogen-bond acceptors (Lipinski definition) is 5. The Kier molecular flexibility index (Phi) is 58.0. The van der Waals surface area contributed by atoms with Crippen molar-refractivity contribution < 1.29 is 24.5 Å². The van der Waals surface area contributed by atoms with Gasteiger partial charge in [0.25, 0.3) is 0 Å². The van der Waals surface area contributed by atoms with E-state index in [2.05, 4.69) is 43.5 Å². The predicted molar refractivity (Wildman–Crippen MR) is 306 cm³/mol. The number of aliphatic hydroxyl groups excluding tert-OH is 2. The first-order chi connectivity index (χ1) is 34.5. The fraction of sp³-hybridized carbons (Fsp3) is 0.875. The Morgan fingerprint density at radius 1 is 0.400 bits per heavy atom. The molecule has 0 aromatic carbocycles. The molecular formula is C64H121NO5. The van der Waals surface area contributed by atoms with Crippen molar-refractivity contribution in [3.8, 4) is 0 Å². The van der Waals surface area contributed by atoms with Gasteiger partial charge in [0.15, 0.2) is 0 Å². The highest BCUT2D eigenvalue weighted by Crippen LogP contribution is 2.17. The van der Waals surface area contributed by atoms with Crippen molar-refractivity contribution in [2.24, 2.45) is 0 Å². The summed E-state index contributed by atoms with van der Waals surface area (Å²) in [6.45, 7) is 4.88. The van der Waals surface area contributed by atoms with Gasteiger partial charge in [0, 0.05) is 12.8 Å². The van der Waals surface area contributed by atoms with Crippen LogP contribution in [0.5, 0.6) is 0 Å². The third-order valence-corrected chi connectivity index (χ3v) is 14.4. The van der Waals surface area contributed by atoms with Gasteiger partial charge >= 0.3 is 5.97 Å². The highest BCUT2D eigenvalue weighted by atomic mass is 16.5. The van der Waals surface area contributed by atoms with Gasteiger partial charge in [-0.05, 0) is 64.2 Å². The standard InChI is InChI=1S/C64H121NO5/c1-3-5-7-9-11-13-15-17-18-19-20-21-23-26-29-33-36-40-44-48-52-56-62(67)61(60-66)65-63(68)57-53-49-45-41-37-34-30-27-24-22-25-28-31-35-39-43-47-51-55-59-70-64(69)58-54-50-46-42-38-32-16-14-12-10-8-6-4-2/h28,31,35,39,52,56,61-62,66-67H,3-27,29-30,32-34,36-38,40-51,53-55,57-60H2,1-2H3,(H,65,68)/b31-28-,39-35-,56-52+. The molecule has 6 nitrogen and oxygen atoms in total. The summed E-state index contributed by atoms with van der Waals surface area (Å²) >= 11 is 0. The van der Waals surface area contributed by atoms with Gasteiger partial charge in [-0.1, -0.05) is 294 Å². The molecule has 1 amide bonds. The monoisotopic (exact) mass is 984 g/mol. The van der Waals surface area contributed by atoms with Crippen LogP contribution >= 0.6 is 0 Å². The maximum absolute atomic E-state index is 12.5. The Balaban J connectivity index is 3.50. The van der Waals surface area contributed by atoms with E-state index in [1.54, 1.807) is 6.08 Å². The van der Waals surface area contributed by atoms with Crippen LogP contribution in [-0.4, -0.2) is 47.4 Å². The van der Waals surface area contributed by atoms with Gasteiger partial charge in [0.1, 0.15) is 0 Å². The predicted octanol–water partition coefficient (Wildman–Crippen LogP) is 19.6. The molecular weight excluding hydrogens is 863 g/mol. The number of unbranched alkanes of at least 4 members (excludes halogenated alkanes) is 44. The number of esters is 1. The summed E-state index contributed by atoms with van der Waals surface area (Å²) in [5, 5.41) is 23.2. The SMILES string of the molecule is CCCCCCCCCCCCCCCCCCCCC/C=C/C(O)C(CO)NC(=O)CCCCCCCCCCCC/C=C\C=C/CCCCCOC(=O)CCCCCCCCCCCCCCC. The summed E-state index contributed by atoms with van der Waals surface area (Å²) in [5.74, 6) is -0.0876. The Bertz CT molecular complexity index is 1130. The van der Waals surface area contributed by atoms with E-state index in [1.807, 2.05) is 6.08 Å². The molecule has 0 radical (unpaired) electrons. The first kappa shape index (κ1) is 68.1. The number of carbonyl (C=O) groups is 2. The molecule has 2 unspecified atom stereocenters. The van der Waals surface area contributed by atoms with Gasteiger partial charge in [-0.25, -0.2) is 0 Å². The summed E-state index contributed by atoms with van der Waals surface area (Å²) in [4.78, 5) is 24.5. The minimum Gasteiger partial charge on any atom is -0.466 e. The van der Waals surface area contributed by atoms with E-state index in [0.29, 0.717) is 19.4 Å². The van der Waals surface area contributed by atoms with E-state index in [9.17, 15) is 19.8 Å². The van der Waals surface area contributed by atoms with Crippen LogP contribution in [0.4, 0.5) is 0 Å². The molecule has 0 aromatic rings. The minimum atomic E-state index is -0.852. The second-order valence-corrected chi connectivity index (χ2v) is 21.4. The van der Waals surface area contributed by atoms with Gasteiger partial charge in [-0.2, -0.15) is 0 Å². The molecule has 0 fully saturated rings. The average Bonchev–Trinajstić information content (AvgIpc) is 3.36. The number of aliphatic hydroxyl groups is 2. The van der Waals surface area contributed by atoms with Crippen LogP contribution in [-0.2, 0) is 14.3 Å². The molecule has 0 saturated heterocycles. The van der Waals surface area contributed by atoms with Crippen molar-refractivity contribution in [2.75, 3.05) is 13.2 Å². The normalized spacial score (nSPS) is 12.8. The molecule has 412 valence electrons. The second-order valence-electron chi connectivity index (χ2n) is 21.4. The first-order valence-corrected chi connectivity index (χ1v) is 31.3. The maximum atomic E-state index is 12.5. The molecule has 0 aliphatic carbocycles. The van der Waals surface area contributed by atoms with Gasteiger partial charge in [0.2, 0.25) is 5.91 Å². The summed E-state index contributed by atoms with van der Waals surface area (Å²) in [5.41, 5.74) is 0. The fourth-order valence-electron chi connectivity index (χ4n) is 9.63. The van der Waals surface area contributed by atoms with Crippen LogP contribution < -0.4 is 5.32 Å². The lowest BCUT2D eigenvalue weighted by molar-refractivity contribution is -0.143. The summed E-state index contributed by atoms with van der Waals surface area (Å²) in [6.07, 6.45) is 74.7. The Hall–Kier alpha value is -1.92. The molecule has 0 aliphatic rings. The molecule has 0 spiro atoms. The molecule has 0 bridgehead atoms. The first-order valence-electron chi connectivity index (χ1n) is 31.3. The van der Waals surface area contributed by atoms with Crippen molar-refractivity contribution in [2.45, 2.75) is 347 Å². The zero-order valence-corrected chi connectivity index (χ0v) is 47.0. The topological polar surface area (TPSA) is 95.9 Å². The number of hydrogen-bond donors (Lipinski definition) is 3. The van der Waals surface area contributed by atoms with E-state index in [-0.39, 0.29) is 18.5 Å². The van der Waals surface area contributed by atoms with Crippen LogP contribution in [0.25, 0.3) is 0 Å². The fourth-order valence-corrected chi connectivity index (χ4v) is 9.63. The van der Waals surface area contributed by atoms with Crippen molar-refractivity contribution >= 4 is 11.9 Å². The summed E-state index contributed by atoms with van der Waals surface area (Å²) in [6, 6.07) is -0.637. The Morgan fingerprint density at radius 2 is 0.700 bits per heavy atom. The highest BCUT2D eigenvalue weighted by Gasteiger charge is 2.18. The third-order valence-electron chi connectivity index (χ3n) is 14.4. The number of rotatable bonds is 58. The van der Waals surface area contributed by atoms with Gasteiger partial charge < -0.3 is 20.3 Å². The highest BCUT2D eigenvalue weighted by molar-refractivity contribution is 5.76. The third kappa shape index (κ3) is 55.4. The van der Waals surface area contributed by atoms with Gasteiger partial charge in [-0.3, -0.25) is 9.59 Å².